The van der Waals surface area contributed by atoms with E-state index >= 15 is 0 Å². The minimum absolute atomic E-state index is 0.126. The fraction of sp³-hybridized carbons (Fsp3) is 0.150. The molecule has 1 atom stereocenters. The summed E-state index contributed by atoms with van der Waals surface area (Å²) in [6.07, 6.45) is 1.36. The van der Waals surface area contributed by atoms with Gasteiger partial charge in [0, 0.05) is 17.8 Å². The molecule has 0 saturated heterocycles. The van der Waals surface area contributed by atoms with Crippen LogP contribution in [0.5, 0.6) is 11.5 Å². The van der Waals surface area contributed by atoms with Gasteiger partial charge in [0.15, 0.2) is 11.5 Å². The molecule has 4 rings (SSSR count). The SMILES string of the molecule is CC(NC(=O)c1cc(Nc2ccc3c(c2)OCO3)ncn1)c1ccccc1. The fourth-order valence-corrected chi connectivity index (χ4v) is 2.77. The molecule has 27 heavy (non-hydrogen) atoms. The number of fused-ring (bicyclic) bond motifs is 1. The summed E-state index contributed by atoms with van der Waals surface area (Å²) in [5, 5.41) is 6.09. The number of hydrogen-bond acceptors (Lipinski definition) is 6. The molecular formula is C20H18N4O3. The number of benzene rings is 2. The van der Waals surface area contributed by atoms with E-state index in [9.17, 15) is 4.79 Å². The first kappa shape index (κ1) is 16.8. The number of anilines is 2. The Hall–Kier alpha value is -3.61. The minimum Gasteiger partial charge on any atom is -0.454 e. The minimum atomic E-state index is -0.262. The van der Waals surface area contributed by atoms with Crippen molar-refractivity contribution in [2.45, 2.75) is 13.0 Å². The third-order valence-corrected chi connectivity index (χ3v) is 4.19. The van der Waals surface area contributed by atoms with E-state index in [0.717, 1.165) is 11.3 Å². The van der Waals surface area contributed by atoms with E-state index in [2.05, 4.69) is 20.6 Å². The number of nitrogens with zero attached hydrogens (tertiary/aromatic N) is 2. The van der Waals surface area contributed by atoms with Gasteiger partial charge in [-0.3, -0.25) is 4.79 Å². The Morgan fingerprint density at radius 2 is 1.85 bits per heavy atom. The van der Waals surface area contributed by atoms with Crippen molar-refractivity contribution in [1.82, 2.24) is 15.3 Å². The molecule has 2 N–H and O–H groups in total. The maximum Gasteiger partial charge on any atom is 0.270 e. The number of rotatable bonds is 5. The summed E-state index contributed by atoms with van der Waals surface area (Å²) in [4.78, 5) is 20.8. The van der Waals surface area contributed by atoms with Gasteiger partial charge in [0.1, 0.15) is 17.8 Å². The van der Waals surface area contributed by atoms with Crippen molar-refractivity contribution in [2.75, 3.05) is 12.1 Å². The van der Waals surface area contributed by atoms with Crippen LogP contribution >= 0.6 is 0 Å². The average molecular weight is 362 g/mol. The van der Waals surface area contributed by atoms with E-state index in [-0.39, 0.29) is 24.4 Å². The van der Waals surface area contributed by atoms with Crippen molar-refractivity contribution in [2.24, 2.45) is 0 Å². The smallest absolute Gasteiger partial charge is 0.270 e. The van der Waals surface area contributed by atoms with Gasteiger partial charge < -0.3 is 20.1 Å². The molecule has 7 nitrogen and oxygen atoms in total. The molecule has 3 aromatic rings. The second-order valence-electron chi connectivity index (χ2n) is 6.09. The molecule has 2 heterocycles. The molecular weight excluding hydrogens is 344 g/mol. The molecule has 0 spiro atoms. The Balaban J connectivity index is 1.46. The first-order valence-electron chi connectivity index (χ1n) is 8.53. The molecule has 1 unspecified atom stereocenters. The van der Waals surface area contributed by atoms with E-state index in [1.807, 2.05) is 55.5 Å². The number of carbonyl (C=O) groups is 1. The lowest BCUT2D eigenvalue weighted by atomic mass is 10.1. The Morgan fingerprint density at radius 3 is 2.70 bits per heavy atom. The van der Waals surface area contributed by atoms with Crippen LogP contribution in [0.15, 0.2) is 60.9 Å². The number of aromatic nitrogens is 2. The Morgan fingerprint density at radius 1 is 1.04 bits per heavy atom. The molecule has 7 heteroatoms. The highest BCUT2D eigenvalue weighted by Gasteiger charge is 2.15. The van der Waals surface area contributed by atoms with Gasteiger partial charge in [0.25, 0.3) is 5.91 Å². The quantitative estimate of drug-likeness (QED) is 0.723. The van der Waals surface area contributed by atoms with Crippen molar-refractivity contribution in [3.63, 3.8) is 0 Å². The highest BCUT2D eigenvalue weighted by atomic mass is 16.7. The van der Waals surface area contributed by atoms with Gasteiger partial charge in [-0.2, -0.15) is 0 Å². The Labute approximate surface area is 156 Å². The fourth-order valence-electron chi connectivity index (χ4n) is 2.77. The number of amides is 1. The largest absolute Gasteiger partial charge is 0.454 e. The van der Waals surface area contributed by atoms with E-state index in [1.54, 1.807) is 6.07 Å². The molecule has 2 aromatic carbocycles. The lowest BCUT2D eigenvalue weighted by Crippen LogP contribution is -2.27. The van der Waals surface area contributed by atoms with Gasteiger partial charge in [0.05, 0.1) is 6.04 Å². The third kappa shape index (κ3) is 3.82. The summed E-state index contributed by atoms with van der Waals surface area (Å²) in [6.45, 7) is 2.15. The summed E-state index contributed by atoms with van der Waals surface area (Å²) in [6, 6.07) is 16.7. The van der Waals surface area contributed by atoms with Gasteiger partial charge in [0.2, 0.25) is 6.79 Å². The zero-order chi connectivity index (χ0) is 18.6. The van der Waals surface area contributed by atoms with E-state index < -0.39 is 0 Å². The van der Waals surface area contributed by atoms with Crippen LogP contribution in [0.4, 0.5) is 11.5 Å². The maximum absolute atomic E-state index is 12.5. The number of ether oxygens (including phenoxy) is 2. The normalized spacial score (nSPS) is 13.1. The lowest BCUT2D eigenvalue weighted by Gasteiger charge is -2.14. The van der Waals surface area contributed by atoms with Crippen molar-refractivity contribution in [3.8, 4) is 11.5 Å². The lowest BCUT2D eigenvalue weighted by molar-refractivity contribution is 0.0934. The van der Waals surface area contributed by atoms with Crippen LogP contribution < -0.4 is 20.1 Å². The highest BCUT2D eigenvalue weighted by molar-refractivity contribution is 5.93. The molecule has 136 valence electrons. The van der Waals surface area contributed by atoms with Gasteiger partial charge in [-0.05, 0) is 24.6 Å². The molecule has 1 amide bonds. The van der Waals surface area contributed by atoms with E-state index in [0.29, 0.717) is 17.3 Å². The zero-order valence-electron chi connectivity index (χ0n) is 14.7. The van der Waals surface area contributed by atoms with Gasteiger partial charge in [-0.15, -0.1) is 0 Å². The molecule has 1 aliphatic heterocycles. The molecule has 0 bridgehead atoms. The molecule has 1 aliphatic rings. The van der Waals surface area contributed by atoms with Crippen LogP contribution in [0.1, 0.15) is 29.0 Å². The topological polar surface area (TPSA) is 85.4 Å². The summed E-state index contributed by atoms with van der Waals surface area (Å²) in [5.74, 6) is 1.63. The highest BCUT2D eigenvalue weighted by Crippen LogP contribution is 2.34. The van der Waals surface area contributed by atoms with E-state index in [1.165, 1.54) is 6.33 Å². The summed E-state index contributed by atoms with van der Waals surface area (Å²) in [5.41, 5.74) is 2.09. The van der Waals surface area contributed by atoms with Crippen LogP contribution in [0.25, 0.3) is 0 Å². The number of carbonyl (C=O) groups excluding carboxylic acids is 1. The third-order valence-electron chi connectivity index (χ3n) is 4.19. The summed E-state index contributed by atoms with van der Waals surface area (Å²) >= 11 is 0. The van der Waals surface area contributed by atoms with Crippen LogP contribution in [-0.4, -0.2) is 22.7 Å². The van der Waals surface area contributed by atoms with Gasteiger partial charge >= 0.3 is 0 Å². The van der Waals surface area contributed by atoms with Crippen LogP contribution in [0.3, 0.4) is 0 Å². The number of nitrogens with one attached hydrogen (secondary N) is 2. The number of hydrogen-bond donors (Lipinski definition) is 2. The molecule has 0 fully saturated rings. The van der Waals surface area contributed by atoms with Gasteiger partial charge in [-0.25, -0.2) is 9.97 Å². The van der Waals surface area contributed by atoms with Gasteiger partial charge in [-0.1, -0.05) is 30.3 Å². The standard InChI is InChI=1S/C20H18N4O3/c1-13(14-5-3-2-4-6-14)23-20(25)16-10-19(22-11-21-16)24-15-7-8-17-18(9-15)27-12-26-17/h2-11,13H,12H2,1H3,(H,23,25)(H,21,22,24). The first-order valence-corrected chi connectivity index (χ1v) is 8.53. The van der Waals surface area contributed by atoms with Crippen LogP contribution in [-0.2, 0) is 0 Å². The first-order chi connectivity index (χ1) is 13.2. The van der Waals surface area contributed by atoms with Crippen molar-refractivity contribution >= 4 is 17.4 Å². The van der Waals surface area contributed by atoms with Crippen molar-refractivity contribution < 1.29 is 14.3 Å². The second-order valence-corrected chi connectivity index (χ2v) is 6.09. The molecule has 1 aromatic heterocycles. The Kier molecular flexibility index (Phi) is 4.57. The van der Waals surface area contributed by atoms with Crippen LogP contribution in [0.2, 0.25) is 0 Å². The predicted molar refractivity (Wildman–Crippen MR) is 100 cm³/mol. The molecule has 0 radical (unpaired) electrons. The summed E-state index contributed by atoms with van der Waals surface area (Å²) < 4.78 is 10.7. The Bertz CT molecular complexity index is 962. The zero-order valence-corrected chi connectivity index (χ0v) is 14.7. The van der Waals surface area contributed by atoms with Crippen molar-refractivity contribution in [1.29, 1.82) is 0 Å². The maximum atomic E-state index is 12.5. The molecule has 0 aliphatic carbocycles. The summed E-state index contributed by atoms with van der Waals surface area (Å²) in [7, 11) is 0. The van der Waals surface area contributed by atoms with Crippen molar-refractivity contribution in [3.05, 3.63) is 72.2 Å². The average Bonchev–Trinajstić information content (AvgIpc) is 3.16. The second kappa shape index (κ2) is 7.33. The van der Waals surface area contributed by atoms with Crippen LogP contribution in [0, 0.1) is 0 Å². The molecule has 0 saturated carbocycles. The monoisotopic (exact) mass is 362 g/mol. The predicted octanol–water partition coefficient (Wildman–Crippen LogP) is 3.44. The van der Waals surface area contributed by atoms with E-state index in [4.69, 9.17) is 9.47 Å².